The fourth-order valence-electron chi connectivity index (χ4n) is 2.44. The van der Waals surface area contributed by atoms with Crippen molar-refractivity contribution < 1.29 is 13.2 Å². The quantitative estimate of drug-likeness (QED) is 0.748. The van der Waals surface area contributed by atoms with E-state index in [9.17, 15) is 8.42 Å². The average molecular weight is 314 g/mol. The monoisotopic (exact) mass is 314 g/mol. The first-order chi connectivity index (χ1) is 9.86. The second-order valence-corrected chi connectivity index (χ2v) is 7.05. The number of nitrogens with two attached hydrogens (primary N) is 1. The van der Waals surface area contributed by atoms with Crippen LogP contribution in [0.25, 0.3) is 0 Å². The summed E-state index contributed by atoms with van der Waals surface area (Å²) in [6.07, 6.45) is 1.53. The van der Waals surface area contributed by atoms with E-state index in [0.29, 0.717) is 18.8 Å². The molecular weight excluding hydrogens is 288 g/mol. The molecule has 21 heavy (non-hydrogen) atoms. The number of benzene rings is 1. The number of methoxy groups -OCH3 is 1. The number of hydrogen-bond acceptors (Lipinski definition) is 4. The summed E-state index contributed by atoms with van der Waals surface area (Å²) in [4.78, 5) is 0.253. The first-order valence-corrected chi connectivity index (χ1v) is 8.68. The number of rotatable bonds is 8. The third-order valence-electron chi connectivity index (χ3n) is 3.55. The van der Waals surface area contributed by atoms with Gasteiger partial charge < -0.3 is 10.5 Å². The molecular formula is C15H26N2O3S. The van der Waals surface area contributed by atoms with E-state index in [0.717, 1.165) is 18.4 Å². The normalized spacial score (nSPS) is 12.3. The van der Waals surface area contributed by atoms with Crippen LogP contribution in [-0.2, 0) is 14.8 Å². The molecule has 0 saturated carbocycles. The molecule has 0 aliphatic rings. The molecule has 0 bridgehead atoms. The molecule has 120 valence electrons. The van der Waals surface area contributed by atoms with E-state index in [1.165, 1.54) is 10.4 Å². The molecule has 0 unspecified atom stereocenters. The molecule has 5 nitrogen and oxygen atoms in total. The van der Waals surface area contributed by atoms with Gasteiger partial charge in [0.1, 0.15) is 0 Å². The first kappa shape index (κ1) is 17.9. The van der Waals surface area contributed by atoms with Gasteiger partial charge in [-0.15, -0.1) is 0 Å². The van der Waals surface area contributed by atoms with Crippen molar-refractivity contribution in [2.45, 2.75) is 44.6 Å². The SMILES string of the molecule is CCC(CC)N(CCOC)S(=O)(=O)c1cc(C)cc(N)c1. The van der Waals surface area contributed by atoms with Crippen LogP contribution in [0.4, 0.5) is 5.69 Å². The Bertz CT molecular complexity index is 534. The van der Waals surface area contributed by atoms with Crippen molar-refractivity contribution in [3.63, 3.8) is 0 Å². The zero-order valence-electron chi connectivity index (χ0n) is 13.3. The van der Waals surface area contributed by atoms with Gasteiger partial charge in [0.05, 0.1) is 11.5 Å². The third kappa shape index (κ3) is 4.43. The van der Waals surface area contributed by atoms with Gasteiger partial charge in [0.15, 0.2) is 0 Å². The van der Waals surface area contributed by atoms with Gasteiger partial charge in [0.25, 0.3) is 0 Å². The van der Waals surface area contributed by atoms with Gasteiger partial charge in [-0.3, -0.25) is 0 Å². The van der Waals surface area contributed by atoms with Crippen molar-refractivity contribution in [1.29, 1.82) is 0 Å². The lowest BCUT2D eigenvalue weighted by atomic mass is 10.2. The van der Waals surface area contributed by atoms with Gasteiger partial charge in [0, 0.05) is 25.4 Å². The summed E-state index contributed by atoms with van der Waals surface area (Å²) in [5, 5.41) is 0. The first-order valence-electron chi connectivity index (χ1n) is 7.24. The summed E-state index contributed by atoms with van der Waals surface area (Å²) >= 11 is 0. The van der Waals surface area contributed by atoms with Gasteiger partial charge in [0.2, 0.25) is 10.0 Å². The highest BCUT2D eigenvalue weighted by atomic mass is 32.2. The lowest BCUT2D eigenvalue weighted by molar-refractivity contribution is 0.163. The predicted molar refractivity (Wildman–Crippen MR) is 85.7 cm³/mol. The molecule has 0 aliphatic heterocycles. The summed E-state index contributed by atoms with van der Waals surface area (Å²) in [6.45, 7) is 6.55. The number of nitrogen functional groups attached to an aromatic ring is 1. The Morgan fingerprint density at radius 3 is 2.33 bits per heavy atom. The number of ether oxygens (including phenoxy) is 1. The molecule has 0 radical (unpaired) electrons. The Labute approximate surface area is 128 Å². The maximum atomic E-state index is 12.9. The molecule has 1 rings (SSSR count). The van der Waals surface area contributed by atoms with Crippen LogP contribution >= 0.6 is 0 Å². The highest BCUT2D eigenvalue weighted by molar-refractivity contribution is 7.89. The largest absolute Gasteiger partial charge is 0.399 e. The molecule has 0 saturated heterocycles. The molecule has 6 heteroatoms. The minimum Gasteiger partial charge on any atom is -0.399 e. The zero-order valence-corrected chi connectivity index (χ0v) is 14.1. The summed E-state index contributed by atoms with van der Waals surface area (Å²) in [5.41, 5.74) is 7.09. The summed E-state index contributed by atoms with van der Waals surface area (Å²) in [7, 11) is -2.00. The van der Waals surface area contributed by atoms with Gasteiger partial charge in [-0.2, -0.15) is 4.31 Å². The molecule has 2 N–H and O–H groups in total. The van der Waals surface area contributed by atoms with E-state index in [1.807, 2.05) is 20.8 Å². The Morgan fingerprint density at radius 2 is 1.86 bits per heavy atom. The Kier molecular flexibility index (Phi) is 6.64. The molecule has 1 aromatic rings. The number of nitrogens with zero attached hydrogens (tertiary/aromatic N) is 1. The molecule has 0 aliphatic carbocycles. The Balaban J connectivity index is 3.25. The van der Waals surface area contributed by atoms with Crippen LogP contribution in [0.15, 0.2) is 23.1 Å². The fraction of sp³-hybridized carbons (Fsp3) is 0.600. The second-order valence-electron chi connectivity index (χ2n) is 5.16. The number of hydrogen-bond donors (Lipinski definition) is 1. The Hall–Kier alpha value is -1.11. The van der Waals surface area contributed by atoms with Crippen molar-refractivity contribution in [1.82, 2.24) is 4.31 Å². The number of aryl methyl sites for hydroxylation is 1. The van der Waals surface area contributed by atoms with E-state index >= 15 is 0 Å². The van der Waals surface area contributed by atoms with Gasteiger partial charge >= 0.3 is 0 Å². The molecule has 0 atom stereocenters. The fourth-order valence-corrected chi connectivity index (χ4v) is 4.33. The van der Waals surface area contributed by atoms with Crippen molar-refractivity contribution >= 4 is 15.7 Å². The van der Waals surface area contributed by atoms with Crippen molar-refractivity contribution in [2.24, 2.45) is 0 Å². The third-order valence-corrected chi connectivity index (χ3v) is 5.47. The van der Waals surface area contributed by atoms with E-state index in [2.05, 4.69) is 0 Å². The van der Waals surface area contributed by atoms with Crippen LogP contribution in [0.1, 0.15) is 32.3 Å². The van der Waals surface area contributed by atoms with Crippen LogP contribution in [0.5, 0.6) is 0 Å². The van der Waals surface area contributed by atoms with Crippen molar-refractivity contribution in [2.75, 3.05) is 26.0 Å². The number of anilines is 1. The van der Waals surface area contributed by atoms with E-state index < -0.39 is 10.0 Å². The van der Waals surface area contributed by atoms with Crippen molar-refractivity contribution in [3.05, 3.63) is 23.8 Å². The minimum absolute atomic E-state index is 0.0353. The molecule has 0 spiro atoms. The molecule has 0 heterocycles. The van der Waals surface area contributed by atoms with Crippen molar-refractivity contribution in [3.8, 4) is 0 Å². The van der Waals surface area contributed by atoms with Gasteiger partial charge in [-0.25, -0.2) is 8.42 Å². The maximum Gasteiger partial charge on any atom is 0.243 e. The standard InChI is InChI=1S/C15H26N2O3S/c1-5-14(6-2)17(7-8-20-4)21(18,19)15-10-12(3)9-13(16)11-15/h9-11,14H,5-8,16H2,1-4H3. The van der Waals surface area contributed by atoms with E-state index in [1.54, 1.807) is 19.2 Å². The predicted octanol–water partition coefficient (Wildman–Crippen LogP) is 2.40. The zero-order chi connectivity index (χ0) is 16.0. The minimum atomic E-state index is -3.57. The van der Waals surface area contributed by atoms with Crippen LogP contribution < -0.4 is 5.73 Å². The lowest BCUT2D eigenvalue weighted by Gasteiger charge is -2.29. The smallest absolute Gasteiger partial charge is 0.243 e. The molecule has 1 aromatic carbocycles. The second kappa shape index (κ2) is 7.77. The average Bonchev–Trinajstić information content (AvgIpc) is 2.42. The summed E-state index contributed by atoms with van der Waals surface area (Å²) < 4.78 is 32.4. The van der Waals surface area contributed by atoms with Gasteiger partial charge in [-0.1, -0.05) is 13.8 Å². The molecule has 0 amide bonds. The topological polar surface area (TPSA) is 72.6 Å². The maximum absolute atomic E-state index is 12.9. The molecule has 0 fully saturated rings. The summed E-state index contributed by atoms with van der Waals surface area (Å²) in [5.74, 6) is 0. The van der Waals surface area contributed by atoms with Crippen LogP contribution in [0.3, 0.4) is 0 Å². The number of sulfonamides is 1. The molecule has 0 aromatic heterocycles. The highest BCUT2D eigenvalue weighted by Gasteiger charge is 2.29. The summed E-state index contributed by atoms with van der Waals surface area (Å²) in [6, 6.07) is 4.90. The van der Waals surface area contributed by atoms with Crippen LogP contribution in [-0.4, -0.2) is 39.0 Å². The van der Waals surface area contributed by atoms with Crippen LogP contribution in [0, 0.1) is 6.92 Å². The Morgan fingerprint density at radius 1 is 1.24 bits per heavy atom. The lowest BCUT2D eigenvalue weighted by Crippen LogP contribution is -2.41. The van der Waals surface area contributed by atoms with E-state index in [-0.39, 0.29) is 10.9 Å². The van der Waals surface area contributed by atoms with E-state index in [4.69, 9.17) is 10.5 Å². The van der Waals surface area contributed by atoms with Crippen LogP contribution in [0.2, 0.25) is 0 Å². The van der Waals surface area contributed by atoms with Gasteiger partial charge in [-0.05, 0) is 43.5 Å². The highest BCUT2D eigenvalue weighted by Crippen LogP contribution is 2.24.